The fraction of sp³-hybridized carbons (Fsp3) is 0.440. The van der Waals surface area contributed by atoms with Crippen molar-refractivity contribution < 1.29 is 28.3 Å². The van der Waals surface area contributed by atoms with E-state index in [0.717, 1.165) is 19.3 Å². The van der Waals surface area contributed by atoms with E-state index in [1.165, 1.54) is 13.2 Å². The summed E-state index contributed by atoms with van der Waals surface area (Å²) in [5, 5.41) is 2.59. The average molecular weight is 468 g/mol. The maximum absolute atomic E-state index is 13.3. The van der Waals surface area contributed by atoms with Gasteiger partial charge in [0, 0.05) is 38.7 Å². The minimum absolute atomic E-state index is 0.0542. The Morgan fingerprint density at radius 3 is 2.29 bits per heavy atom. The molecule has 1 aromatic carbocycles. The second-order valence-corrected chi connectivity index (χ2v) is 8.95. The molecule has 1 spiro atoms. The van der Waals surface area contributed by atoms with Gasteiger partial charge in [0.25, 0.3) is 11.8 Å². The van der Waals surface area contributed by atoms with Gasteiger partial charge in [0.1, 0.15) is 0 Å². The van der Waals surface area contributed by atoms with Gasteiger partial charge in [-0.2, -0.15) is 0 Å². The zero-order chi connectivity index (χ0) is 24.1. The number of ether oxygens (including phenoxy) is 1. The number of amides is 3. The molecule has 9 nitrogen and oxygen atoms in total. The van der Waals surface area contributed by atoms with Crippen LogP contribution in [0.4, 0.5) is 0 Å². The van der Waals surface area contributed by atoms with Crippen molar-refractivity contribution in [3.05, 3.63) is 60.1 Å². The van der Waals surface area contributed by atoms with Crippen LogP contribution >= 0.6 is 0 Å². The highest BCUT2D eigenvalue weighted by molar-refractivity contribution is 5.94. The van der Waals surface area contributed by atoms with Crippen LogP contribution < -0.4 is 5.32 Å². The second kappa shape index (κ2) is 10.1. The highest BCUT2D eigenvalue weighted by Crippen LogP contribution is 2.41. The van der Waals surface area contributed by atoms with E-state index in [-0.39, 0.29) is 29.5 Å². The van der Waals surface area contributed by atoms with Crippen LogP contribution in [-0.4, -0.2) is 66.2 Å². The summed E-state index contributed by atoms with van der Waals surface area (Å²) in [5.74, 6) is -1.10. The van der Waals surface area contributed by atoms with Crippen molar-refractivity contribution in [3.63, 3.8) is 0 Å². The van der Waals surface area contributed by atoms with E-state index < -0.39 is 18.0 Å². The Hall–Kier alpha value is -3.62. The Labute approximate surface area is 198 Å². The molecule has 2 aliphatic rings. The van der Waals surface area contributed by atoms with E-state index in [1.54, 1.807) is 34.1 Å². The Bertz CT molecular complexity index is 1030. The van der Waals surface area contributed by atoms with Gasteiger partial charge in [0.2, 0.25) is 12.0 Å². The topological polar surface area (TPSA) is 109 Å². The van der Waals surface area contributed by atoms with Gasteiger partial charge in [0.15, 0.2) is 5.76 Å². The normalized spacial score (nSPS) is 17.9. The fourth-order valence-electron chi connectivity index (χ4n) is 4.75. The van der Waals surface area contributed by atoms with Gasteiger partial charge in [-0.25, -0.2) is 0 Å². The second-order valence-electron chi connectivity index (χ2n) is 8.95. The monoisotopic (exact) mass is 467 g/mol. The molecule has 34 heavy (non-hydrogen) atoms. The lowest BCUT2D eigenvalue weighted by atomic mass is 9.78. The summed E-state index contributed by atoms with van der Waals surface area (Å²) in [5.41, 5.74) is 0.599. The number of hydrogen-bond donors (Lipinski definition) is 1. The smallest absolute Gasteiger partial charge is 0.303 e. The SMILES string of the molecule is CC(=O)OC(C(=O)N1CCC2(CCN(C(=O)CNC(=O)c3ccco3)CC2)C1)c1ccccc1. The van der Waals surface area contributed by atoms with Crippen LogP contribution in [0.25, 0.3) is 0 Å². The first kappa shape index (κ1) is 23.5. The van der Waals surface area contributed by atoms with E-state index in [2.05, 4.69) is 5.32 Å². The summed E-state index contributed by atoms with van der Waals surface area (Å²) < 4.78 is 10.4. The largest absolute Gasteiger partial charge is 0.459 e. The van der Waals surface area contributed by atoms with E-state index >= 15 is 0 Å². The summed E-state index contributed by atoms with van der Waals surface area (Å²) >= 11 is 0. The van der Waals surface area contributed by atoms with Gasteiger partial charge in [-0.15, -0.1) is 0 Å². The average Bonchev–Trinajstić information content (AvgIpc) is 3.52. The molecule has 0 saturated carbocycles. The molecule has 0 bridgehead atoms. The third-order valence-electron chi connectivity index (χ3n) is 6.68. The number of likely N-dealkylation sites (tertiary alicyclic amines) is 2. The van der Waals surface area contributed by atoms with Crippen LogP contribution in [-0.2, 0) is 19.1 Å². The molecule has 0 aliphatic carbocycles. The maximum Gasteiger partial charge on any atom is 0.303 e. The van der Waals surface area contributed by atoms with Crippen LogP contribution in [0.3, 0.4) is 0 Å². The van der Waals surface area contributed by atoms with Crippen molar-refractivity contribution in [2.75, 3.05) is 32.7 Å². The van der Waals surface area contributed by atoms with Crippen molar-refractivity contribution in [3.8, 4) is 0 Å². The van der Waals surface area contributed by atoms with Gasteiger partial charge >= 0.3 is 5.97 Å². The Balaban J connectivity index is 1.30. The molecule has 2 fully saturated rings. The summed E-state index contributed by atoms with van der Waals surface area (Å²) in [6.45, 7) is 3.54. The molecule has 9 heteroatoms. The Kier molecular flexibility index (Phi) is 7.00. The number of benzene rings is 1. The van der Waals surface area contributed by atoms with Gasteiger partial charge in [-0.3, -0.25) is 19.2 Å². The maximum atomic E-state index is 13.3. The number of carbonyl (C=O) groups excluding carboxylic acids is 4. The number of nitrogens with zero attached hydrogens (tertiary/aromatic N) is 2. The molecule has 4 rings (SSSR count). The number of esters is 1. The minimum Gasteiger partial charge on any atom is -0.459 e. The molecule has 3 amide bonds. The standard InChI is InChI=1S/C25H29N3O6/c1-18(29)34-22(19-6-3-2-4-7-19)24(32)28-14-11-25(17-28)9-12-27(13-10-25)21(30)16-26-23(31)20-8-5-15-33-20/h2-8,15,22H,9-14,16-17H2,1H3,(H,26,31). The predicted molar refractivity (Wildman–Crippen MR) is 121 cm³/mol. The van der Waals surface area contributed by atoms with Gasteiger partial charge < -0.3 is 24.3 Å². The van der Waals surface area contributed by atoms with Crippen molar-refractivity contribution in [1.29, 1.82) is 0 Å². The van der Waals surface area contributed by atoms with Gasteiger partial charge in [-0.05, 0) is 36.8 Å². The first-order chi connectivity index (χ1) is 16.4. The van der Waals surface area contributed by atoms with Crippen molar-refractivity contribution >= 4 is 23.7 Å². The third kappa shape index (κ3) is 5.30. The van der Waals surface area contributed by atoms with Crippen LogP contribution in [0.15, 0.2) is 53.1 Å². The summed E-state index contributed by atoms with van der Waals surface area (Å²) in [6.07, 6.45) is 2.85. The number of piperidine rings is 1. The number of rotatable bonds is 6. The van der Waals surface area contributed by atoms with E-state index in [4.69, 9.17) is 9.15 Å². The number of carbonyl (C=O) groups is 4. The van der Waals surface area contributed by atoms with E-state index in [1.807, 2.05) is 18.2 Å². The van der Waals surface area contributed by atoms with Crippen molar-refractivity contribution in [2.45, 2.75) is 32.3 Å². The first-order valence-corrected chi connectivity index (χ1v) is 11.5. The zero-order valence-corrected chi connectivity index (χ0v) is 19.2. The summed E-state index contributed by atoms with van der Waals surface area (Å²) in [4.78, 5) is 53.0. The molecule has 1 unspecified atom stereocenters. The van der Waals surface area contributed by atoms with E-state index in [9.17, 15) is 19.2 Å². The number of nitrogens with one attached hydrogen (secondary N) is 1. The number of furan rings is 1. The molecule has 3 heterocycles. The molecule has 180 valence electrons. The van der Waals surface area contributed by atoms with Crippen LogP contribution in [0.5, 0.6) is 0 Å². The van der Waals surface area contributed by atoms with Crippen LogP contribution in [0.1, 0.15) is 48.4 Å². The molecule has 1 aromatic heterocycles. The lowest BCUT2D eigenvalue weighted by Crippen LogP contribution is -2.48. The molecule has 1 atom stereocenters. The molecule has 2 aliphatic heterocycles. The van der Waals surface area contributed by atoms with Gasteiger partial charge in [-0.1, -0.05) is 30.3 Å². The molecule has 0 radical (unpaired) electrons. The minimum atomic E-state index is -0.951. The molecular weight excluding hydrogens is 438 g/mol. The highest BCUT2D eigenvalue weighted by atomic mass is 16.5. The van der Waals surface area contributed by atoms with Crippen LogP contribution in [0, 0.1) is 5.41 Å². The quantitative estimate of drug-likeness (QED) is 0.652. The molecule has 2 aromatic rings. The molecule has 1 N–H and O–H groups in total. The van der Waals surface area contributed by atoms with Crippen molar-refractivity contribution in [1.82, 2.24) is 15.1 Å². The zero-order valence-electron chi connectivity index (χ0n) is 19.2. The number of hydrogen-bond acceptors (Lipinski definition) is 6. The van der Waals surface area contributed by atoms with Crippen molar-refractivity contribution in [2.24, 2.45) is 5.41 Å². The van der Waals surface area contributed by atoms with Gasteiger partial charge in [0.05, 0.1) is 12.8 Å². The summed E-state index contributed by atoms with van der Waals surface area (Å²) in [7, 11) is 0. The van der Waals surface area contributed by atoms with Crippen LogP contribution in [0.2, 0.25) is 0 Å². The predicted octanol–water partition coefficient (Wildman–Crippen LogP) is 2.15. The molecule has 2 saturated heterocycles. The lowest BCUT2D eigenvalue weighted by Gasteiger charge is -2.39. The first-order valence-electron chi connectivity index (χ1n) is 11.5. The Morgan fingerprint density at radius 1 is 1.00 bits per heavy atom. The summed E-state index contributed by atoms with van der Waals surface area (Å²) in [6, 6.07) is 12.2. The third-order valence-corrected chi connectivity index (χ3v) is 6.68. The van der Waals surface area contributed by atoms with E-state index in [0.29, 0.717) is 31.7 Å². The highest BCUT2D eigenvalue weighted by Gasteiger charge is 2.44. The Morgan fingerprint density at radius 2 is 1.68 bits per heavy atom. The molecular formula is C25H29N3O6. The fourth-order valence-corrected chi connectivity index (χ4v) is 4.75. The lowest BCUT2D eigenvalue weighted by molar-refractivity contribution is -0.159.